The maximum atomic E-state index is 6.30. The number of halogens is 2. The minimum Gasteiger partial charge on any atom is -0.483 e. The van der Waals surface area contributed by atoms with E-state index < -0.39 is 0 Å². The summed E-state index contributed by atoms with van der Waals surface area (Å²) in [5.41, 5.74) is 8.33. The first-order valence-corrected chi connectivity index (χ1v) is 8.12. The van der Waals surface area contributed by atoms with Crippen molar-refractivity contribution in [2.24, 2.45) is 5.73 Å². The predicted molar refractivity (Wildman–Crippen MR) is 92.0 cm³/mol. The van der Waals surface area contributed by atoms with Crippen LogP contribution in [-0.2, 0) is 0 Å². The molecule has 0 heterocycles. The number of hydrogen-bond acceptors (Lipinski definition) is 2. The smallest absolute Gasteiger partial charge is 0.140 e. The second kappa shape index (κ2) is 7.30. The Labute approximate surface area is 139 Å². The Kier molecular flexibility index (Phi) is 5.68. The molecule has 0 saturated carbocycles. The van der Waals surface area contributed by atoms with Crippen molar-refractivity contribution >= 4 is 27.5 Å². The molecule has 2 rings (SSSR count). The van der Waals surface area contributed by atoms with Crippen molar-refractivity contribution in [3.63, 3.8) is 0 Å². The van der Waals surface area contributed by atoms with Crippen LogP contribution in [0.3, 0.4) is 0 Å². The molecule has 0 aromatic heterocycles. The fourth-order valence-corrected chi connectivity index (χ4v) is 2.97. The molecule has 4 heteroatoms. The Morgan fingerprint density at radius 1 is 1.24 bits per heavy atom. The summed E-state index contributed by atoms with van der Waals surface area (Å²) < 4.78 is 7.08. The third-order valence-electron chi connectivity index (χ3n) is 3.41. The molecule has 21 heavy (non-hydrogen) atoms. The molecule has 2 unspecified atom stereocenters. The van der Waals surface area contributed by atoms with Gasteiger partial charge in [0.05, 0.1) is 4.47 Å². The first-order valence-electron chi connectivity index (χ1n) is 6.95. The summed E-state index contributed by atoms with van der Waals surface area (Å²) in [7, 11) is 0. The van der Waals surface area contributed by atoms with E-state index in [1.54, 1.807) is 0 Å². The number of rotatable bonds is 5. The lowest BCUT2D eigenvalue weighted by molar-refractivity contribution is 0.170. The van der Waals surface area contributed by atoms with Crippen molar-refractivity contribution in [3.05, 3.63) is 63.1 Å². The summed E-state index contributed by atoms with van der Waals surface area (Å²) >= 11 is 9.84. The van der Waals surface area contributed by atoms with E-state index in [1.165, 1.54) is 5.56 Å². The maximum absolute atomic E-state index is 6.30. The predicted octanol–water partition coefficient (Wildman–Crippen LogP) is 5.27. The van der Waals surface area contributed by atoms with Crippen molar-refractivity contribution in [1.29, 1.82) is 0 Å². The third kappa shape index (κ3) is 4.00. The van der Waals surface area contributed by atoms with E-state index >= 15 is 0 Å². The van der Waals surface area contributed by atoms with Gasteiger partial charge < -0.3 is 10.5 Å². The van der Waals surface area contributed by atoms with Gasteiger partial charge in [-0.1, -0.05) is 42.8 Å². The fraction of sp³-hybridized carbons (Fsp3) is 0.294. The summed E-state index contributed by atoms with van der Waals surface area (Å²) in [6, 6.07) is 13.5. The summed E-state index contributed by atoms with van der Waals surface area (Å²) in [4.78, 5) is 0. The van der Waals surface area contributed by atoms with Gasteiger partial charge in [-0.25, -0.2) is 0 Å². The standard InChI is InChI=1S/C17H19BrClNO/c1-3-15(20)17(12-6-4-5-7-14(12)19)21-16-9-8-11(2)10-13(16)18/h4-10,15,17H,3,20H2,1-2H3. The van der Waals surface area contributed by atoms with E-state index in [-0.39, 0.29) is 12.1 Å². The van der Waals surface area contributed by atoms with Gasteiger partial charge in [-0.05, 0) is 53.0 Å². The van der Waals surface area contributed by atoms with Gasteiger partial charge >= 0.3 is 0 Å². The van der Waals surface area contributed by atoms with Crippen molar-refractivity contribution in [1.82, 2.24) is 0 Å². The zero-order valence-electron chi connectivity index (χ0n) is 12.1. The highest BCUT2D eigenvalue weighted by Crippen LogP contribution is 2.34. The topological polar surface area (TPSA) is 35.2 Å². The molecular weight excluding hydrogens is 350 g/mol. The molecule has 0 spiro atoms. The molecule has 0 aliphatic rings. The van der Waals surface area contributed by atoms with Crippen LogP contribution in [0.15, 0.2) is 46.9 Å². The van der Waals surface area contributed by atoms with Crippen LogP contribution in [-0.4, -0.2) is 6.04 Å². The first-order chi connectivity index (χ1) is 10.0. The molecule has 2 atom stereocenters. The molecule has 0 fully saturated rings. The molecule has 0 aliphatic carbocycles. The zero-order valence-corrected chi connectivity index (χ0v) is 14.5. The average Bonchev–Trinajstić information content (AvgIpc) is 2.47. The second-order valence-corrected chi connectivity index (χ2v) is 6.33. The van der Waals surface area contributed by atoms with Gasteiger partial charge in [-0.3, -0.25) is 0 Å². The summed E-state index contributed by atoms with van der Waals surface area (Å²) in [5.74, 6) is 0.773. The Bertz CT molecular complexity index is 617. The highest BCUT2D eigenvalue weighted by molar-refractivity contribution is 9.10. The Hall–Kier alpha value is -1.03. The lowest BCUT2D eigenvalue weighted by Gasteiger charge is -2.26. The van der Waals surface area contributed by atoms with Crippen molar-refractivity contribution in [2.45, 2.75) is 32.4 Å². The van der Waals surface area contributed by atoms with Crippen LogP contribution in [0.5, 0.6) is 5.75 Å². The van der Waals surface area contributed by atoms with E-state index in [0.717, 1.165) is 22.2 Å². The van der Waals surface area contributed by atoms with Gasteiger partial charge in [0.1, 0.15) is 11.9 Å². The summed E-state index contributed by atoms with van der Waals surface area (Å²) in [6.07, 6.45) is 0.530. The molecule has 0 saturated heterocycles. The summed E-state index contributed by atoms with van der Waals surface area (Å²) in [6.45, 7) is 4.08. The van der Waals surface area contributed by atoms with Crippen LogP contribution >= 0.6 is 27.5 Å². The fourth-order valence-electron chi connectivity index (χ4n) is 2.14. The van der Waals surface area contributed by atoms with Crippen LogP contribution in [0, 0.1) is 6.92 Å². The van der Waals surface area contributed by atoms with Gasteiger partial charge in [0.2, 0.25) is 0 Å². The second-order valence-electron chi connectivity index (χ2n) is 5.07. The van der Waals surface area contributed by atoms with Crippen LogP contribution in [0.4, 0.5) is 0 Å². The Balaban J connectivity index is 2.35. The molecular formula is C17H19BrClNO. The SMILES string of the molecule is CCC(N)C(Oc1ccc(C)cc1Br)c1ccccc1Cl. The molecule has 2 aromatic carbocycles. The van der Waals surface area contributed by atoms with Gasteiger partial charge in [-0.15, -0.1) is 0 Å². The van der Waals surface area contributed by atoms with E-state index in [9.17, 15) is 0 Å². The molecule has 0 amide bonds. The van der Waals surface area contributed by atoms with Crippen LogP contribution in [0.2, 0.25) is 5.02 Å². The van der Waals surface area contributed by atoms with E-state index in [4.69, 9.17) is 22.1 Å². The molecule has 112 valence electrons. The van der Waals surface area contributed by atoms with E-state index in [1.807, 2.05) is 56.3 Å². The summed E-state index contributed by atoms with van der Waals surface area (Å²) in [5, 5.41) is 0.676. The van der Waals surface area contributed by atoms with E-state index in [0.29, 0.717) is 5.02 Å². The van der Waals surface area contributed by atoms with E-state index in [2.05, 4.69) is 15.9 Å². The maximum Gasteiger partial charge on any atom is 0.140 e. The number of ether oxygens (including phenoxy) is 1. The van der Waals surface area contributed by atoms with Crippen molar-refractivity contribution < 1.29 is 4.74 Å². The largest absolute Gasteiger partial charge is 0.483 e. The highest BCUT2D eigenvalue weighted by Gasteiger charge is 2.23. The minimum absolute atomic E-state index is 0.127. The van der Waals surface area contributed by atoms with Crippen LogP contribution < -0.4 is 10.5 Å². The number of benzene rings is 2. The van der Waals surface area contributed by atoms with Crippen molar-refractivity contribution in [3.8, 4) is 5.75 Å². The number of nitrogens with two attached hydrogens (primary N) is 1. The minimum atomic E-state index is -0.275. The third-order valence-corrected chi connectivity index (χ3v) is 4.38. The first kappa shape index (κ1) is 16.3. The Morgan fingerprint density at radius 3 is 2.57 bits per heavy atom. The van der Waals surface area contributed by atoms with Gasteiger partial charge in [0, 0.05) is 16.6 Å². The number of aryl methyl sites for hydroxylation is 1. The monoisotopic (exact) mass is 367 g/mol. The zero-order chi connectivity index (χ0) is 15.4. The lowest BCUT2D eigenvalue weighted by Crippen LogP contribution is -2.31. The molecule has 2 aromatic rings. The van der Waals surface area contributed by atoms with Gasteiger partial charge in [-0.2, -0.15) is 0 Å². The molecule has 0 aliphatic heterocycles. The molecule has 0 bridgehead atoms. The molecule has 2 N–H and O–H groups in total. The van der Waals surface area contributed by atoms with Crippen LogP contribution in [0.25, 0.3) is 0 Å². The highest BCUT2D eigenvalue weighted by atomic mass is 79.9. The molecule has 2 nitrogen and oxygen atoms in total. The quantitative estimate of drug-likeness (QED) is 0.780. The molecule has 0 radical (unpaired) electrons. The average molecular weight is 369 g/mol. The lowest BCUT2D eigenvalue weighted by atomic mass is 10.0. The normalized spacial score (nSPS) is 13.8. The van der Waals surface area contributed by atoms with Crippen LogP contribution in [0.1, 0.15) is 30.6 Å². The van der Waals surface area contributed by atoms with Gasteiger partial charge in [0.25, 0.3) is 0 Å². The van der Waals surface area contributed by atoms with Crippen molar-refractivity contribution in [2.75, 3.05) is 0 Å². The number of hydrogen-bond donors (Lipinski definition) is 1. The van der Waals surface area contributed by atoms with Gasteiger partial charge in [0.15, 0.2) is 0 Å². The Morgan fingerprint density at radius 2 is 1.95 bits per heavy atom.